The number of aromatic nitrogens is 4. The van der Waals surface area contributed by atoms with Gasteiger partial charge in [-0.2, -0.15) is 10.1 Å². The maximum Gasteiger partial charge on any atom is 0.254 e. The van der Waals surface area contributed by atoms with Crippen LogP contribution in [0.15, 0.2) is 16.9 Å². The predicted molar refractivity (Wildman–Crippen MR) is 87.1 cm³/mol. The Morgan fingerprint density at radius 3 is 2.72 bits per heavy atom. The van der Waals surface area contributed by atoms with Crippen LogP contribution in [0.25, 0.3) is 0 Å². The molecule has 1 fully saturated rings. The van der Waals surface area contributed by atoms with Crippen LogP contribution in [-0.2, 0) is 23.6 Å². The second kappa shape index (κ2) is 6.92. The summed E-state index contributed by atoms with van der Waals surface area (Å²) in [6.07, 6.45) is 5.60. The normalized spacial score (nSPS) is 16.9. The van der Waals surface area contributed by atoms with Crippen molar-refractivity contribution >= 4 is 15.9 Å². The third-order valence-corrected chi connectivity index (χ3v) is 5.44. The summed E-state index contributed by atoms with van der Waals surface area (Å²) in [5.74, 6) is 0.662. The topological polar surface area (TPSA) is 123 Å². The highest BCUT2D eigenvalue weighted by Crippen LogP contribution is 2.26. The quantitative estimate of drug-likeness (QED) is 0.780. The molecule has 0 spiro atoms. The molecule has 0 aromatic carbocycles. The maximum absolute atomic E-state index is 12.0. The molecule has 1 aliphatic heterocycles. The smallest absolute Gasteiger partial charge is 0.254 e. The molecule has 2 aromatic rings. The molecule has 25 heavy (non-hydrogen) atoms. The fourth-order valence-electron chi connectivity index (χ4n) is 2.75. The Bertz CT molecular complexity index is 850. The molecule has 0 saturated carbocycles. The lowest BCUT2D eigenvalue weighted by Crippen LogP contribution is -2.37. The van der Waals surface area contributed by atoms with Crippen molar-refractivity contribution in [3.8, 4) is 0 Å². The van der Waals surface area contributed by atoms with Crippen molar-refractivity contribution in [1.82, 2.24) is 29.5 Å². The van der Waals surface area contributed by atoms with Gasteiger partial charge in [-0.05, 0) is 12.8 Å². The highest BCUT2D eigenvalue weighted by molar-refractivity contribution is 7.88. The van der Waals surface area contributed by atoms with E-state index in [1.807, 2.05) is 0 Å². The Hall–Kier alpha value is -2.27. The SMILES string of the molecule is Cn1cc(C(=O)NCc2nc(C3CCN(S(C)(=O)=O)CC3)no2)cn1. The zero-order chi connectivity index (χ0) is 18.0. The zero-order valence-electron chi connectivity index (χ0n) is 14.0. The molecule has 136 valence electrons. The van der Waals surface area contributed by atoms with Gasteiger partial charge in [0, 0.05) is 32.3 Å². The molecule has 0 aliphatic carbocycles. The second-order valence-electron chi connectivity index (χ2n) is 6.07. The van der Waals surface area contributed by atoms with Crippen molar-refractivity contribution in [3.05, 3.63) is 29.7 Å². The van der Waals surface area contributed by atoms with Gasteiger partial charge in [0.1, 0.15) is 0 Å². The monoisotopic (exact) mass is 368 g/mol. The summed E-state index contributed by atoms with van der Waals surface area (Å²) in [6.45, 7) is 1.03. The Kier molecular flexibility index (Phi) is 4.86. The van der Waals surface area contributed by atoms with E-state index in [9.17, 15) is 13.2 Å². The van der Waals surface area contributed by atoms with E-state index in [4.69, 9.17) is 4.52 Å². The Balaban J connectivity index is 1.54. The average Bonchev–Trinajstić information content (AvgIpc) is 3.21. The third kappa shape index (κ3) is 4.23. The largest absolute Gasteiger partial charge is 0.343 e. The molecular weight excluding hydrogens is 348 g/mol. The minimum Gasteiger partial charge on any atom is -0.343 e. The van der Waals surface area contributed by atoms with Crippen LogP contribution in [0.3, 0.4) is 0 Å². The summed E-state index contributed by atoms with van der Waals surface area (Å²) in [6, 6.07) is 0. The van der Waals surface area contributed by atoms with Crippen molar-refractivity contribution in [2.75, 3.05) is 19.3 Å². The first-order valence-electron chi connectivity index (χ1n) is 7.87. The molecule has 1 amide bonds. The molecule has 3 rings (SSSR count). The Morgan fingerprint density at radius 1 is 1.40 bits per heavy atom. The van der Waals surface area contributed by atoms with Crippen molar-refractivity contribution in [3.63, 3.8) is 0 Å². The van der Waals surface area contributed by atoms with E-state index < -0.39 is 10.0 Å². The average molecular weight is 368 g/mol. The van der Waals surface area contributed by atoms with E-state index in [0.717, 1.165) is 0 Å². The highest BCUT2D eigenvalue weighted by Gasteiger charge is 2.28. The van der Waals surface area contributed by atoms with Crippen LogP contribution in [-0.4, -0.2) is 57.9 Å². The van der Waals surface area contributed by atoms with Crippen molar-refractivity contribution in [2.45, 2.75) is 25.3 Å². The third-order valence-electron chi connectivity index (χ3n) is 4.14. The zero-order valence-corrected chi connectivity index (χ0v) is 14.9. The first kappa shape index (κ1) is 17.5. The van der Waals surface area contributed by atoms with Gasteiger partial charge in [-0.3, -0.25) is 9.48 Å². The van der Waals surface area contributed by atoms with Gasteiger partial charge in [-0.15, -0.1) is 0 Å². The number of carbonyl (C=O) groups is 1. The van der Waals surface area contributed by atoms with Crippen LogP contribution in [0.1, 0.15) is 40.8 Å². The molecule has 1 N–H and O–H groups in total. The first-order chi connectivity index (χ1) is 11.8. The summed E-state index contributed by atoms with van der Waals surface area (Å²) in [7, 11) is -1.42. The fourth-order valence-corrected chi connectivity index (χ4v) is 3.62. The van der Waals surface area contributed by atoms with Crippen LogP contribution in [0.4, 0.5) is 0 Å². The van der Waals surface area contributed by atoms with Gasteiger partial charge >= 0.3 is 0 Å². The summed E-state index contributed by atoms with van der Waals surface area (Å²) in [4.78, 5) is 16.3. The molecular formula is C14H20N6O4S. The number of sulfonamides is 1. The standard InChI is InChI=1S/C14H20N6O4S/c1-19-9-11(7-16-19)14(21)15-8-12-17-13(18-24-12)10-3-5-20(6-4-10)25(2,22)23/h7,9-10H,3-6,8H2,1-2H3,(H,15,21). The van der Waals surface area contributed by atoms with Gasteiger partial charge in [-0.1, -0.05) is 5.16 Å². The first-order valence-corrected chi connectivity index (χ1v) is 9.72. The van der Waals surface area contributed by atoms with Gasteiger partial charge in [-0.25, -0.2) is 12.7 Å². The number of nitrogens with zero attached hydrogens (tertiary/aromatic N) is 5. The van der Waals surface area contributed by atoms with Gasteiger partial charge < -0.3 is 9.84 Å². The number of piperidine rings is 1. The lowest BCUT2D eigenvalue weighted by atomic mass is 9.98. The number of amides is 1. The minimum absolute atomic E-state index is 0.0597. The Morgan fingerprint density at radius 2 is 2.12 bits per heavy atom. The van der Waals surface area contributed by atoms with E-state index in [1.54, 1.807) is 17.9 Å². The molecule has 3 heterocycles. The van der Waals surface area contributed by atoms with E-state index in [-0.39, 0.29) is 18.4 Å². The number of nitrogens with one attached hydrogen (secondary N) is 1. The fraction of sp³-hybridized carbons (Fsp3) is 0.571. The molecule has 0 atom stereocenters. The summed E-state index contributed by atoms with van der Waals surface area (Å²) >= 11 is 0. The molecule has 10 nitrogen and oxygen atoms in total. The Labute approximate surface area is 145 Å². The summed E-state index contributed by atoms with van der Waals surface area (Å²) in [5.41, 5.74) is 0.454. The van der Waals surface area contributed by atoms with Crippen LogP contribution < -0.4 is 5.32 Å². The molecule has 0 radical (unpaired) electrons. The number of aryl methyl sites for hydroxylation is 1. The predicted octanol–water partition coefficient (Wildman–Crippen LogP) is -0.128. The van der Waals surface area contributed by atoms with Crippen LogP contribution in [0.2, 0.25) is 0 Å². The molecule has 0 bridgehead atoms. The highest BCUT2D eigenvalue weighted by atomic mass is 32.2. The number of rotatable bonds is 5. The maximum atomic E-state index is 12.0. The molecule has 0 unspecified atom stereocenters. The molecule has 2 aromatic heterocycles. The summed E-state index contributed by atoms with van der Waals surface area (Å²) in [5, 5.41) is 10.6. The van der Waals surface area contributed by atoms with Gasteiger partial charge in [0.15, 0.2) is 5.82 Å². The van der Waals surface area contributed by atoms with Gasteiger partial charge in [0.2, 0.25) is 15.9 Å². The van der Waals surface area contributed by atoms with Gasteiger partial charge in [0.25, 0.3) is 5.91 Å². The number of hydrogen-bond acceptors (Lipinski definition) is 7. The second-order valence-corrected chi connectivity index (χ2v) is 8.05. The van der Waals surface area contributed by atoms with E-state index in [0.29, 0.717) is 43.2 Å². The molecule has 11 heteroatoms. The lowest BCUT2D eigenvalue weighted by molar-refractivity contribution is 0.0946. The van der Waals surface area contributed by atoms with E-state index >= 15 is 0 Å². The van der Waals surface area contributed by atoms with E-state index in [1.165, 1.54) is 16.8 Å². The molecule has 1 aliphatic rings. The van der Waals surface area contributed by atoms with E-state index in [2.05, 4.69) is 20.6 Å². The summed E-state index contributed by atoms with van der Waals surface area (Å²) < 4.78 is 31.2. The number of hydrogen-bond donors (Lipinski definition) is 1. The van der Waals surface area contributed by atoms with Crippen molar-refractivity contribution < 1.29 is 17.7 Å². The van der Waals surface area contributed by atoms with Crippen LogP contribution >= 0.6 is 0 Å². The van der Waals surface area contributed by atoms with Crippen molar-refractivity contribution in [2.24, 2.45) is 7.05 Å². The molecule has 1 saturated heterocycles. The van der Waals surface area contributed by atoms with Crippen LogP contribution in [0, 0.1) is 0 Å². The van der Waals surface area contributed by atoms with Crippen molar-refractivity contribution in [1.29, 1.82) is 0 Å². The number of carbonyl (C=O) groups excluding carboxylic acids is 1. The van der Waals surface area contributed by atoms with Gasteiger partial charge in [0.05, 0.1) is 24.6 Å². The van der Waals surface area contributed by atoms with Crippen LogP contribution in [0.5, 0.6) is 0 Å². The lowest BCUT2D eigenvalue weighted by Gasteiger charge is -2.28. The minimum atomic E-state index is -3.15.